The van der Waals surface area contributed by atoms with Gasteiger partial charge in [-0.25, -0.2) is 4.68 Å². The average molecular weight is 239 g/mol. The molecule has 0 aromatic carbocycles. The van der Waals surface area contributed by atoms with E-state index in [1.54, 1.807) is 0 Å². The molecule has 0 saturated heterocycles. The number of aryl methyl sites for hydroxylation is 1. The average Bonchev–Trinajstić information content (AvgIpc) is 2.95. The van der Waals surface area contributed by atoms with Crippen molar-refractivity contribution in [1.29, 1.82) is 0 Å². The maximum absolute atomic E-state index is 5.96. The summed E-state index contributed by atoms with van der Waals surface area (Å²) >= 11 is 0. The van der Waals surface area contributed by atoms with Crippen LogP contribution >= 0.6 is 0 Å². The molecule has 1 aromatic rings. The summed E-state index contributed by atoms with van der Waals surface area (Å²) < 4.78 is 7.82. The van der Waals surface area contributed by atoms with E-state index < -0.39 is 0 Å². The molecule has 1 heterocycles. The second kappa shape index (κ2) is 5.55. The standard InChI is InChI=1S/C11H21N5O/c1-2-17-11(6-3-4-7-11)10-13-14-15-16(10)9-5-8-12/h2-9,12H2,1H3. The summed E-state index contributed by atoms with van der Waals surface area (Å²) in [7, 11) is 0. The molecule has 1 aromatic heterocycles. The normalized spacial score (nSPS) is 18.7. The Bertz CT molecular complexity index is 345. The van der Waals surface area contributed by atoms with E-state index >= 15 is 0 Å². The van der Waals surface area contributed by atoms with Gasteiger partial charge in [0.05, 0.1) is 0 Å². The first-order chi connectivity index (χ1) is 8.32. The van der Waals surface area contributed by atoms with Crippen molar-refractivity contribution in [2.75, 3.05) is 13.2 Å². The van der Waals surface area contributed by atoms with Gasteiger partial charge in [0, 0.05) is 13.2 Å². The number of rotatable bonds is 6. The van der Waals surface area contributed by atoms with Crippen LogP contribution in [0.1, 0.15) is 44.9 Å². The lowest BCUT2D eigenvalue weighted by Crippen LogP contribution is -2.31. The summed E-state index contributed by atoms with van der Waals surface area (Å²) in [5.41, 5.74) is 5.27. The van der Waals surface area contributed by atoms with Gasteiger partial charge in [0.1, 0.15) is 5.60 Å². The molecule has 1 aliphatic rings. The van der Waals surface area contributed by atoms with Crippen LogP contribution in [-0.4, -0.2) is 33.4 Å². The van der Waals surface area contributed by atoms with Gasteiger partial charge in [0.25, 0.3) is 0 Å². The molecule has 0 aliphatic heterocycles. The highest BCUT2D eigenvalue weighted by atomic mass is 16.5. The molecule has 96 valence electrons. The molecule has 17 heavy (non-hydrogen) atoms. The van der Waals surface area contributed by atoms with E-state index in [2.05, 4.69) is 15.5 Å². The van der Waals surface area contributed by atoms with Crippen LogP contribution in [0.25, 0.3) is 0 Å². The van der Waals surface area contributed by atoms with Crippen LogP contribution in [0.5, 0.6) is 0 Å². The number of nitrogens with two attached hydrogens (primary N) is 1. The molecule has 0 atom stereocenters. The lowest BCUT2D eigenvalue weighted by Gasteiger charge is -2.27. The minimum atomic E-state index is -0.257. The van der Waals surface area contributed by atoms with Gasteiger partial charge in [-0.1, -0.05) is 0 Å². The molecule has 0 radical (unpaired) electrons. The van der Waals surface area contributed by atoms with Crippen molar-refractivity contribution >= 4 is 0 Å². The minimum absolute atomic E-state index is 0.257. The largest absolute Gasteiger partial charge is 0.367 e. The number of hydrogen-bond donors (Lipinski definition) is 1. The van der Waals surface area contributed by atoms with Crippen molar-refractivity contribution in [2.45, 2.75) is 51.2 Å². The monoisotopic (exact) mass is 239 g/mol. The Morgan fingerprint density at radius 1 is 1.41 bits per heavy atom. The van der Waals surface area contributed by atoms with Gasteiger partial charge in [-0.15, -0.1) is 5.10 Å². The zero-order chi connectivity index (χ0) is 12.1. The molecule has 0 amide bonds. The fourth-order valence-corrected chi connectivity index (χ4v) is 2.58. The van der Waals surface area contributed by atoms with Gasteiger partial charge in [0.15, 0.2) is 5.82 Å². The Balaban J connectivity index is 2.20. The zero-order valence-electron chi connectivity index (χ0n) is 10.4. The molecule has 0 unspecified atom stereocenters. The van der Waals surface area contributed by atoms with Crippen molar-refractivity contribution in [3.63, 3.8) is 0 Å². The fourth-order valence-electron chi connectivity index (χ4n) is 2.58. The number of hydrogen-bond acceptors (Lipinski definition) is 5. The summed E-state index contributed by atoms with van der Waals surface area (Å²) in [5, 5.41) is 12.0. The summed E-state index contributed by atoms with van der Waals surface area (Å²) in [6, 6.07) is 0. The van der Waals surface area contributed by atoms with Crippen LogP contribution in [0.15, 0.2) is 0 Å². The topological polar surface area (TPSA) is 78.9 Å². The summed E-state index contributed by atoms with van der Waals surface area (Å²) in [5.74, 6) is 0.880. The Hall–Kier alpha value is -1.01. The highest BCUT2D eigenvalue weighted by molar-refractivity contribution is 5.03. The molecule has 1 saturated carbocycles. The predicted molar refractivity (Wildman–Crippen MR) is 63.3 cm³/mol. The van der Waals surface area contributed by atoms with Gasteiger partial charge in [-0.05, 0) is 56.0 Å². The first-order valence-corrected chi connectivity index (χ1v) is 6.43. The molecule has 2 rings (SSSR count). The zero-order valence-corrected chi connectivity index (χ0v) is 10.4. The van der Waals surface area contributed by atoms with Crippen LogP contribution in [-0.2, 0) is 16.9 Å². The number of nitrogens with zero attached hydrogens (tertiary/aromatic N) is 4. The first-order valence-electron chi connectivity index (χ1n) is 6.43. The molecule has 0 spiro atoms. The molecule has 0 bridgehead atoms. The summed E-state index contributed by atoms with van der Waals surface area (Å²) in [6.07, 6.45) is 5.29. The number of tetrazole rings is 1. The van der Waals surface area contributed by atoms with Gasteiger partial charge in [-0.2, -0.15) is 0 Å². The molecular weight excluding hydrogens is 218 g/mol. The molecule has 2 N–H and O–H groups in total. The predicted octanol–water partition coefficient (Wildman–Crippen LogP) is 0.828. The highest BCUT2D eigenvalue weighted by Gasteiger charge is 2.41. The maximum Gasteiger partial charge on any atom is 0.183 e. The van der Waals surface area contributed by atoms with Crippen molar-refractivity contribution in [2.24, 2.45) is 5.73 Å². The Kier molecular flexibility index (Phi) is 4.06. The van der Waals surface area contributed by atoms with Crippen molar-refractivity contribution in [1.82, 2.24) is 20.2 Å². The lowest BCUT2D eigenvalue weighted by molar-refractivity contribution is -0.0489. The van der Waals surface area contributed by atoms with Crippen LogP contribution in [0.3, 0.4) is 0 Å². The second-order valence-corrected chi connectivity index (χ2v) is 4.50. The van der Waals surface area contributed by atoms with Crippen molar-refractivity contribution in [3.05, 3.63) is 5.82 Å². The van der Waals surface area contributed by atoms with E-state index in [1.807, 2.05) is 11.6 Å². The van der Waals surface area contributed by atoms with E-state index in [4.69, 9.17) is 10.5 Å². The van der Waals surface area contributed by atoms with E-state index in [0.717, 1.165) is 31.6 Å². The van der Waals surface area contributed by atoms with Crippen molar-refractivity contribution < 1.29 is 4.74 Å². The molecular formula is C11H21N5O. The van der Waals surface area contributed by atoms with E-state index in [0.29, 0.717) is 13.2 Å². The summed E-state index contributed by atoms with van der Waals surface area (Å²) in [6.45, 7) is 4.15. The van der Waals surface area contributed by atoms with Crippen LogP contribution in [0, 0.1) is 0 Å². The quantitative estimate of drug-likeness (QED) is 0.795. The SMILES string of the molecule is CCOC1(c2nnnn2CCCN)CCCC1. The van der Waals surface area contributed by atoms with E-state index in [9.17, 15) is 0 Å². The Labute approximate surface area is 102 Å². The van der Waals surface area contributed by atoms with Gasteiger partial charge >= 0.3 is 0 Å². The molecule has 6 nitrogen and oxygen atoms in total. The minimum Gasteiger partial charge on any atom is -0.367 e. The van der Waals surface area contributed by atoms with Crippen LogP contribution in [0.4, 0.5) is 0 Å². The third-order valence-electron chi connectivity index (χ3n) is 3.35. The van der Waals surface area contributed by atoms with Crippen molar-refractivity contribution in [3.8, 4) is 0 Å². The Morgan fingerprint density at radius 3 is 2.82 bits per heavy atom. The van der Waals surface area contributed by atoms with Crippen LogP contribution in [0.2, 0.25) is 0 Å². The van der Waals surface area contributed by atoms with Gasteiger partial charge < -0.3 is 10.5 Å². The molecule has 1 fully saturated rings. The number of ether oxygens (including phenoxy) is 1. The Morgan fingerprint density at radius 2 is 2.18 bits per heavy atom. The maximum atomic E-state index is 5.96. The summed E-state index contributed by atoms with van der Waals surface area (Å²) in [4.78, 5) is 0. The van der Waals surface area contributed by atoms with E-state index in [-0.39, 0.29) is 5.60 Å². The lowest BCUT2D eigenvalue weighted by atomic mass is 10.0. The molecule has 6 heteroatoms. The third kappa shape index (κ3) is 2.47. The van der Waals surface area contributed by atoms with Crippen LogP contribution < -0.4 is 5.73 Å². The fraction of sp³-hybridized carbons (Fsp3) is 0.909. The smallest absolute Gasteiger partial charge is 0.183 e. The van der Waals surface area contributed by atoms with Gasteiger partial charge in [-0.3, -0.25) is 0 Å². The second-order valence-electron chi connectivity index (χ2n) is 4.50. The third-order valence-corrected chi connectivity index (χ3v) is 3.35. The highest BCUT2D eigenvalue weighted by Crippen LogP contribution is 2.40. The van der Waals surface area contributed by atoms with E-state index in [1.165, 1.54) is 12.8 Å². The molecule has 1 aliphatic carbocycles. The number of aromatic nitrogens is 4. The van der Waals surface area contributed by atoms with Gasteiger partial charge in [0.2, 0.25) is 0 Å². The first kappa shape index (κ1) is 12.4.